The number of aliphatic hydroxyl groups is 2. The summed E-state index contributed by atoms with van der Waals surface area (Å²) in [6.45, 7) is 8.34. The summed E-state index contributed by atoms with van der Waals surface area (Å²) in [4.78, 5) is 23.4. The summed E-state index contributed by atoms with van der Waals surface area (Å²) in [5.74, 6) is -0.129. The summed E-state index contributed by atoms with van der Waals surface area (Å²) < 4.78 is 27.6. The number of benzene rings is 3. The minimum absolute atomic E-state index is 0.0371. The second-order valence-electron chi connectivity index (χ2n) is 10.3. The van der Waals surface area contributed by atoms with Crippen LogP contribution >= 0.6 is 0 Å². The molecule has 0 bridgehead atoms. The smallest absolute Gasteiger partial charge is 0.335 e. The van der Waals surface area contributed by atoms with Gasteiger partial charge in [-0.3, -0.25) is 0 Å². The van der Waals surface area contributed by atoms with Crippen LogP contribution < -0.4 is 14.2 Å². The molecule has 0 heterocycles. The summed E-state index contributed by atoms with van der Waals surface area (Å²) in [6, 6.07) is 21.9. The van der Waals surface area contributed by atoms with Crippen molar-refractivity contribution in [3.05, 3.63) is 102 Å². The van der Waals surface area contributed by atoms with E-state index in [0.717, 1.165) is 23.1 Å². The number of ether oxygens (including phenoxy) is 5. The largest absolute Gasteiger partial charge is 0.490 e. The quantitative estimate of drug-likeness (QED) is 0.0946. The average Bonchev–Trinajstić information content (AvgIpc) is 3.07. The first-order chi connectivity index (χ1) is 21.8. The lowest BCUT2D eigenvalue weighted by Crippen LogP contribution is -2.15. The first-order valence-corrected chi connectivity index (χ1v) is 15.0. The lowest BCUT2D eigenvalue weighted by atomic mass is 10.0. The van der Waals surface area contributed by atoms with E-state index in [2.05, 4.69) is 56.5 Å². The Bertz CT molecular complexity index is 1340. The highest BCUT2D eigenvalue weighted by Crippen LogP contribution is 2.29. The first-order valence-electron chi connectivity index (χ1n) is 15.0. The summed E-state index contributed by atoms with van der Waals surface area (Å²) in [5.41, 5.74) is 4.51. The third-order valence-corrected chi connectivity index (χ3v) is 6.70. The molecule has 0 amide bonds. The number of rotatable bonds is 20. The lowest BCUT2D eigenvalue weighted by Gasteiger charge is -2.14. The number of aliphatic hydroxyl groups excluding tert-OH is 2. The molecule has 0 atom stereocenters. The normalized spacial score (nSPS) is 10.6. The molecule has 0 saturated carbocycles. The maximum absolute atomic E-state index is 11.7. The Morgan fingerprint density at radius 1 is 0.622 bits per heavy atom. The summed E-state index contributed by atoms with van der Waals surface area (Å²) in [7, 11) is 0. The van der Waals surface area contributed by atoms with Gasteiger partial charge < -0.3 is 33.9 Å². The standard InChI is InChI=1S/C36H42O9/c1-4-5-6-7-28-8-12-30(13-9-28)31-14-10-29(11-15-31)25-45-34-21-32(41-16-18-43-35(39)26(2)23-37)20-33(22-34)42-17-19-44-36(40)27(3)24-38/h8-15,20-22,37-38H,2-7,16-19,23-25H2,1H3. The third kappa shape index (κ3) is 12.1. The van der Waals surface area contributed by atoms with Crippen LogP contribution in [0, 0.1) is 0 Å². The molecule has 0 saturated heterocycles. The second-order valence-corrected chi connectivity index (χ2v) is 10.3. The van der Waals surface area contributed by atoms with E-state index in [1.165, 1.54) is 24.8 Å². The van der Waals surface area contributed by atoms with E-state index in [1.807, 2.05) is 12.1 Å². The van der Waals surface area contributed by atoms with Gasteiger partial charge in [0.1, 0.15) is 50.3 Å². The highest BCUT2D eigenvalue weighted by atomic mass is 16.6. The van der Waals surface area contributed by atoms with Crippen molar-refractivity contribution >= 4 is 11.9 Å². The van der Waals surface area contributed by atoms with E-state index in [0.29, 0.717) is 23.9 Å². The van der Waals surface area contributed by atoms with Crippen LogP contribution in [0.3, 0.4) is 0 Å². The fourth-order valence-electron chi connectivity index (χ4n) is 4.12. The molecule has 0 spiro atoms. The highest BCUT2D eigenvalue weighted by molar-refractivity contribution is 5.88. The molecule has 3 aromatic carbocycles. The van der Waals surface area contributed by atoms with Crippen LogP contribution in [0.15, 0.2) is 91.0 Å². The van der Waals surface area contributed by atoms with Crippen LogP contribution in [-0.4, -0.2) is 61.8 Å². The van der Waals surface area contributed by atoms with Crippen molar-refractivity contribution in [3.8, 4) is 28.4 Å². The van der Waals surface area contributed by atoms with Crippen LogP contribution in [0.2, 0.25) is 0 Å². The second kappa shape index (κ2) is 18.9. The number of carbonyl (C=O) groups excluding carboxylic acids is 2. The molecule has 9 heteroatoms. The Kier molecular flexibility index (Phi) is 14.7. The zero-order valence-electron chi connectivity index (χ0n) is 25.8. The van der Waals surface area contributed by atoms with Crippen molar-refractivity contribution in [3.63, 3.8) is 0 Å². The molecule has 45 heavy (non-hydrogen) atoms. The lowest BCUT2D eigenvalue weighted by molar-refractivity contribution is -0.141. The van der Waals surface area contributed by atoms with Gasteiger partial charge in [-0.15, -0.1) is 0 Å². The number of esters is 2. The molecule has 0 unspecified atom stereocenters. The number of hydrogen-bond donors (Lipinski definition) is 2. The molecule has 0 aliphatic heterocycles. The molecule has 0 aromatic heterocycles. The van der Waals surface area contributed by atoms with Gasteiger partial charge in [0.25, 0.3) is 0 Å². The summed E-state index contributed by atoms with van der Waals surface area (Å²) in [5, 5.41) is 18.0. The van der Waals surface area contributed by atoms with Gasteiger partial charge in [-0.1, -0.05) is 81.5 Å². The van der Waals surface area contributed by atoms with E-state index in [4.69, 9.17) is 33.9 Å². The molecule has 9 nitrogen and oxygen atoms in total. The molecule has 0 fully saturated rings. The Morgan fingerprint density at radius 2 is 1.07 bits per heavy atom. The third-order valence-electron chi connectivity index (χ3n) is 6.70. The molecule has 3 aromatic rings. The Labute approximate surface area is 264 Å². The zero-order valence-corrected chi connectivity index (χ0v) is 25.8. The minimum Gasteiger partial charge on any atom is -0.490 e. The van der Waals surface area contributed by atoms with Gasteiger partial charge in [-0.05, 0) is 35.1 Å². The number of aryl methyl sites for hydroxylation is 1. The zero-order chi connectivity index (χ0) is 32.4. The van der Waals surface area contributed by atoms with Gasteiger partial charge >= 0.3 is 11.9 Å². The van der Waals surface area contributed by atoms with Gasteiger partial charge in [-0.2, -0.15) is 0 Å². The maximum atomic E-state index is 11.7. The molecular weight excluding hydrogens is 576 g/mol. The van der Waals surface area contributed by atoms with Crippen LogP contribution in [0.1, 0.15) is 37.3 Å². The van der Waals surface area contributed by atoms with Crippen LogP contribution in [-0.2, 0) is 32.1 Å². The van der Waals surface area contributed by atoms with Crippen molar-refractivity contribution in [2.75, 3.05) is 39.6 Å². The predicted molar refractivity (Wildman–Crippen MR) is 171 cm³/mol. The Morgan fingerprint density at radius 3 is 1.51 bits per heavy atom. The Hall–Kier alpha value is -4.60. The molecule has 0 aliphatic rings. The molecule has 240 valence electrons. The molecule has 0 radical (unpaired) electrons. The van der Waals surface area contributed by atoms with E-state index >= 15 is 0 Å². The van der Waals surface area contributed by atoms with Crippen molar-refractivity contribution in [2.45, 2.75) is 39.2 Å². The molecule has 0 aliphatic carbocycles. The van der Waals surface area contributed by atoms with Crippen LogP contribution in [0.5, 0.6) is 17.2 Å². The Balaban J connectivity index is 1.61. The van der Waals surface area contributed by atoms with Crippen molar-refractivity contribution in [2.24, 2.45) is 0 Å². The summed E-state index contributed by atoms with van der Waals surface area (Å²) in [6.07, 6.45) is 4.78. The molecule has 3 rings (SSSR count). The van der Waals surface area contributed by atoms with Gasteiger partial charge in [0.05, 0.1) is 24.4 Å². The highest BCUT2D eigenvalue weighted by Gasteiger charge is 2.10. The van der Waals surface area contributed by atoms with Crippen LogP contribution in [0.25, 0.3) is 11.1 Å². The van der Waals surface area contributed by atoms with Gasteiger partial charge in [0.15, 0.2) is 0 Å². The SMILES string of the molecule is C=C(CO)C(=O)OCCOc1cc(OCCOC(=O)C(=C)CO)cc(OCc2ccc(-c3ccc(CCCCC)cc3)cc2)c1. The molecule has 2 N–H and O–H groups in total. The fraction of sp³-hybridized carbons (Fsp3) is 0.333. The molecular formula is C36H42O9. The average molecular weight is 619 g/mol. The number of unbranched alkanes of at least 4 members (excludes halogenated alkanes) is 2. The topological polar surface area (TPSA) is 121 Å². The van der Waals surface area contributed by atoms with Gasteiger partial charge in [-0.25, -0.2) is 9.59 Å². The van der Waals surface area contributed by atoms with Gasteiger partial charge in [0.2, 0.25) is 0 Å². The number of hydrogen-bond acceptors (Lipinski definition) is 9. The van der Waals surface area contributed by atoms with Crippen molar-refractivity contribution in [1.29, 1.82) is 0 Å². The fourth-order valence-corrected chi connectivity index (χ4v) is 4.12. The van der Waals surface area contributed by atoms with E-state index in [9.17, 15) is 9.59 Å². The van der Waals surface area contributed by atoms with E-state index < -0.39 is 25.2 Å². The number of carbonyl (C=O) groups is 2. The minimum atomic E-state index is -0.703. The monoisotopic (exact) mass is 618 g/mol. The van der Waals surface area contributed by atoms with Crippen molar-refractivity contribution in [1.82, 2.24) is 0 Å². The predicted octanol–water partition coefficient (Wildman–Crippen LogP) is 5.61. The van der Waals surface area contributed by atoms with Crippen molar-refractivity contribution < 1.29 is 43.5 Å². The van der Waals surface area contributed by atoms with Gasteiger partial charge in [0, 0.05) is 18.2 Å². The summed E-state index contributed by atoms with van der Waals surface area (Å²) >= 11 is 0. The van der Waals surface area contributed by atoms with E-state index in [-0.39, 0.29) is 37.6 Å². The van der Waals surface area contributed by atoms with E-state index in [1.54, 1.807) is 18.2 Å². The first kappa shape index (κ1) is 34.9. The maximum Gasteiger partial charge on any atom is 0.335 e. The van der Waals surface area contributed by atoms with Crippen LogP contribution in [0.4, 0.5) is 0 Å².